The highest BCUT2D eigenvalue weighted by Crippen LogP contribution is 2.35. The first-order valence-corrected chi connectivity index (χ1v) is 8.09. The van der Waals surface area contributed by atoms with Gasteiger partial charge in [0.1, 0.15) is 0 Å². The lowest BCUT2D eigenvalue weighted by molar-refractivity contribution is 0.172. The van der Waals surface area contributed by atoms with Gasteiger partial charge in [-0.05, 0) is 41.8 Å². The van der Waals surface area contributed by atoms with E-state index in [1.807, 2.05) is 18.2 Å². The number of halogens is 2. The van der Waals surface area contributed by atoms with E-state index in [-0.39, 0.29) is 6.04 Å². The molecule has 0 spiro atoms. The second-order valence-corrected chi connectivity index (χ2v) is 6.20. The van der Waals surface area contributed by atoms with Crippen LogP contribution in [0.15, 0.2) is 36.4 Å². The maximum atomic E-state index is 13.6. The predicted octanol–water partition coefficient (Wildman–Crippen LogP) is 3.29. The average molecular weight is 349 g/mol. The van der Waals surface area contributed by atoms with Gasteiger partial charge in [0.15, 0.2) is 23.1 Å². The maximum absolute atomic E-state index is 13.6. The van der Waals surface area contributed by atoms with Crippen molar-refractivity contribution in [2.24, 2.45) is 0 Å². The lowest BCUT2D eigenvalue weighted by Crippen LogP contribution is -2.24. The van der Waals surface area contributed by atoms with E-state index in [9.17, 15) is 13.9 Å². The molecule has 1 heterocycles. The molecule has 2 aromatic rings. The molecule has 134 valence electrons. The first-order valence-electron chi connectivity index (χ1n) is 8.09. The SMILES string of the molecule is COc1ccc(CN2C[C@@H](O)C[C@@H]2c2ccc(F)c(F)c2)cc1OC. The van der Waals surface area contributed by atoms with Gasteiger partial charge < -0.3 is 14.6 Å². The molecule has 4 nitrogen and oxygen atoms in total. The molecule has 0 aliphatic carbocycles. The van der Waals surface area contributed by atoms with Gasteiger partial charge >= 0.3 is 0 Å². The number of rotatable bonds is 5. The van der Waals surface area contributed by atoms with Gasteiger partial charge in [-0.25, -0.2) is 8.78 Å². The first kappa shape index (κ1) is 17.6. The summed E-state index contributed by atoms with van der Waals surface area (Å²) in [6.45, 7) is 1.03. The number of methoxy groups -OCH3 is 2. The van der Waals surface area contributed by atoms with Crippen molar-refractivity contribution in [1.82, 2.24) is 4.90 Å². The second-order valence-electron chi connectivity index (χ2n) is 6.20. The van der Waals surface area contributed by atoms with E-state index in [4.69, 9.17) is 9.47 Å². The molecule has 0 saturated carbocycles. The fraction of sp³-hybridized carbons (Fsp3) is 0.368. The number of hydrogen-bond acceptors (Lipinski definition) is 4. The van der Waals surface area contributed by atoms with Crippen LogP contribution in [0.2, 0.25) is 0 Å². The van der Waals surface area contributed by atoms with Crippen LogP contribution in [0.3, 0.4) is 0 Å². The fourth-order valence-corrected chi connectivity index (χ4v) is 3.33. The van der Waals surface area contributed by atoms with E-state index >= 15 is 0 Å². The van der Waals surface area contributed by atoms with Crippen molar-refractivity contribution in [2.45, 2.75) is 25.1 Å². The minimum absolute atomic E-state index is 0.168. The number of benzene rings is 2. The van der Waals surface area contributed by atoms with Crippen LogP contribution < -0.4 is 9.47 Å². The number of β-amino-alcohol motifs (C(OH)–C–C–N with tert-alkyl or cyclic N) is 1. The third-order valence-corrected chi connectivity index (χ3v) is 4.54. The van der Waals surface area contributed by atoms with E-state index in [0.717, 1.165) is 11.6 Å². The summed E-state index contributed by atoms with van der Waals surface area (Å²) in [5.41, 5.74) is 1.65. The molecule has 2 atom stereocenters. The summed E-state index contributed by atoms with van der Waals surface area (Å²) >= 11 is 0. The molecule has 0 bridgehead atoms. The summed E-state index contributed by atoms with van der Waals surface area (Å²) in [6, 6.07) is 9.37. The third-order valence-electron chi connectivity index (χ3n) is 4.54. The molecule has 0 amide bonds. The topological polar surface area (TPSA) is 41.9 Å². The summed E-state index contributed by atoms with van der Waals surface area (Å²) in [7, 11) is 3.15. The zero-order valence-electron chi connectivity index (χ0n) is 14.2. The minimum Gasteiger partial charge on any atom is -0.493 e. The Morgan fingerprint density at radius 1 is 1.04 bits per heavy atom. The van der Waals surface area contributed by atoms with E-state index in [2.05, 4.69) is 4.90 Å². The largest absolute Gasteiger partial charge is 0.493 e. The minimum atomic E-state index is -0.870. The van der Waals surface area contributed by atoms with Crippen molar-refractivity contribution in [1.29, 1.82) is 0 Å². The maximum Gasteiger partial charge on any atom is 0.161 e. The van der Waals surface area contributed by atoms with Gasteiger partial charge in [0.05, 0.1) is 20.3 Å². The van der Waals surface area contributed by atoms with Crippen LogP contribution in [-0.2, 0) is 6.54 Å². The Morgan fingerprint density at radius 2 is 1.80 bits per heavy atom. The number of hydrogen-bond donors (Lipinski definition) is 1. The Balaban J connectivity index is 1.83. The van der Waals surface area contributed by atoms with E-state index in [1.54, 1.807) is 20.3 Å². The van der Waals surface area contributed by atoms with Gasteiger partial charge in [-0.1, -0.05) is 12.1 Å². The van der Waals surface area contributed by atoms with Crippen LogP contribution in [0.1, 0.15) is 23.6 Å². The van der Waals surface area contributed by atoms with Crippen LogP contribution in [0.5, 0.6) is 11.5 Å². The number of ether oxygens (including phenoxy) is 2. The quantitative estimate of drug-likeness (QED) is 0.899. The molecular weight excluding hydrogens is 328 g/mol. The Labute approximate surface area is 145 Å². The van der Waals surface area contributed by atoms with Gasteiger partial charge in [0.25, 0.3) is 0 Å². The molecule has 1 N–H and O–H groups in total. The number of nitrogens with zero attached hydrogens (tertiary/aromatic N) is 1. The molecule has 1 fully saturated rings. The molecule has 1 aliphatic rings. The predicted molar refractivity (Wildman–Crippen MR) is 89.7 cm³/mol. The number of likely N-dealkylation sites (tertiary alicyclic amines) is 1. The zero-order chi connectivity index (χ0) is 18.0. The van der Waals surface area contributed by atoms with Crippen LogP contribution >= 0.6 is 0 Å². The number of aliphatic hydroxyl groups excluding tert-OH is 1. The summed E-state index contributed by atoms with van der Waals surface area (Å²) in [6.07, 6.45) is -0.0171. The van der Waals surface area contributed by atoms with Gasteiger partial charge in [-0.2, -0.15) is 0 Å². The van der Waals surface area contributed by atoms with E-state index in [0.29, 0.717) is 36.6 Å². The lowest BCUT2D eigenvalue weighted by atomic mass is 10.0. The van der Waals surface area contributed by atoms with Crippen molar-refractivity contribution in [3.63, 3.8) is 0 Å². The second kappa shape index (κ2) is 7.37. The summed E-state index contributed by atoms with van der Waals surface area (Å²) < 4.78 is 37.3. The van der Waals surface area contributed by atoms with Gasteiger partial charge in [-0.3, -0.25) is 4.90 Å². The Hall–Kier alpha value is -2.18. The van der Waals surface area contributed by atoms with Gasteiger partial charge in [0, 0.05) is 19.1 Å². The molecule has 0 aromatic heterocycles. The van der Waals surface area contributed by atoms with Gasteiger partial charge in [0.2, 0.25) is 0 Å². The van der Waals surface area contributed by atoms with Crippen molar-refractivity contribution in [2.75, 3.05) is 20.8 Å². The Bertz CT molecular complexity index is 753. The highest BCUT2D eigenvalue weighted by molar-refractivity contribution is 5.43. The summed E-state index contributed by atoms with van der Waals surface area (Å²) in [4.78, 5) is 2.05. The molecule has 6 heteroatoms. The lowest BCUT2D eigenvalue weighted by Gasteiger charge is -2.25. The number of aliphatic hydroxyl groups is 1. The first-order chi connectivity index (χ1) is 12.0. The Kier molecular flexibility index (Phi) is 5.20. The van der Waals surface area contributed by atoms with Crippen molar-refractivity contribution < 1.29 is 23.4 Å². The normalized spacial score (nSPS) is 20.7. The van der Waals surface area contributed by atoms with E-state index in [1.165, 1.54) is 6.07 Å². The van der Waals surface area contributed by atoms with Crippen LogP contribution in [0.4, 0.5) is 8.78 Å². The van der Waals surface area contributed by atoms with Crippen molar-refractivity contribution in [3.8, 4) is 11.5 Å². The molecule has 2 aromatic carbocycles. The van der Waals surface area contributed by atoms with E-state index < -0.39 is 17.7 Å². The monoisotopic (exact) mass is 349 g/mol. The molecular formula is C19H21F2NO3. The van der Waals surface area contributed by atoms with Gasteiger partial charge in [-0.15, -0.1) is 0 Å². The Morgan fingerprint density at radius 3 is 2.48 bits per heavy atom. The van der Waals surface area contributed by atoms with Crippen LogP contribution in [-0.4, -0.2) is 36.9 Å². The van der Waals surface area contributed by atoms with Crippen LogP contribution in [0.25, 0.3) is 0 Å². The standard InChI is InChI=1S/C19H21F2NO3/c1-24-18-6-3-12(7-19(18)25-2)10-22-11-14(23)9-17(22)13-4-5-15(20)16(21)8-13/h3-8,14,17,23H,9-11H2,1-2H3/t14-,17+/m0/s1. The molecule has 3 rings (SSSR count). The molecule has 25 heavy (non-hydrogen) atoms. The molecule has 1 aliphatic heterocycles. The van der Waals surface area contributed by atoms with Crippen molar-refractivity contribution in [3.05, 3.63) is 59.2 Å². The fourth-order valence-electron chi connectivity index (χ4n) is 3.33. The van der Waals surface area contributed by atoms with Crippen molar-refractivity contribution >= 4 is 0 Å². The highest BCUT2D eigenvalue weighted by atomic mass is 19.2. The summed E-state index contributed by atoms with van der Waals surface area (Å²) in [5, 5.41) is 10.1. The van der Waals surface area contributed by atoms with Crippen LogP contribution in [0, 0.1) is 11.6 Å². The third kappa shape index (κ3) is 3.75. The molecule has 0 unspecified atom stereocenters. The highest BCUT2D eigenvalue weighted by Gasteiger charge is 2.32. The summed E-state index contributed by atoms with van der Waals surface area (Å²) in [5.74, 6) is -0.465. The molecule has 0 radical (unpaired) electrons. The molecule has 1 saturated heterocycles. The smallest absolute Gasteiger partial charge is 0.161 e. The average Bonchev–Trinajstić information content (AvgIpc) is 2.97. The zero-order valence-corrected chi connectivity index (χ0v) is 14.2.